The van der Waals surface area contributed by atoms with E-state index in [1.54, 1.807) is 11.9 Å². The number of carbonyl (C=O) groups is 1. The minimum atomic E-state index is -0.463. The van der Waals surface area contributed by atoms with Crippen molar-refractivity contribution in [2.24, 2.45) is 0 Å². The maximum Gasteiger partial charge on any atom is 0.410 e. The first kappa shape index (κ1) is 17.8. The van der Waals surface area contributed by atoms with E-state index in [1.807, 2.05) is 45.0 Å². The van der Waals surface area contributed by atoms with Gasteiger partial charge >= 0.3 is 6.09 Å². The number of halogens is 1. The third-order valence-electron chi connectivity index (χ3n) is 2.97. The Labute approximate surface area is 132 Å². The van der Waals surface area contributed by atoms with Crippen LogP contribution in [-0.2, 0) is 4.74 Å². The van der Waals surface area contributed by atoms with E-state index in [0.717, 1.165) is 5.02 Å². The fourth-order valence-electron chi connectivity index (χ4n) is 1.75. The number of benzene rings is 1. The molecule has 21 heavy (non-hydrogen) atoms. The van der Waals surface area contributed by atoms with E-state index in [1.165, 1.54) is 5.56 Å². The Morgan fingerprint density at radius 2 is 1.90 bits per heavy atom. The van der Waals surface area contributed by atoms with E-state index in [-0.39, 0.29) is 12.1 Å². The molecule has 5 heteroatoms. The summed E-state index contributed by atoms with van der Waals surface area (Å²) in [5.41, 5.74) is 0.703. The lowest BCUT2D eigenvalue weighted by Crippen LogP contribution is -2.38. The molecule has 0 saturated carbocycles. The van der Waals surface area contributed by atoms with Crippen LogP contribution in [0.15, 0.2) is 24.3 Å². The zero-order chi connectivity index (χ0) is 16.0. The highest BCUT2D eigenvalue weighted by Crippen LogP contribution is 2.15. The van der Waals surface area contributed by atoms with Crippen LogP contribution >= 0.6 is 11.6 Å². The lowest BCUT2D eigenvalue weighted by Gasteiger charge is -2.25. The van der Waals surface area contributed by atoms with Crippen molar-refractivity contribution in [3.8, 4) is 0 Å². The summed E-state index contributed by atoms with van der Waals surface area (Å²) in [6.45, 7) is 8.95. The summed E-state index contributed by atoms with van der Waals surface area (Å²) in [5, 5.41) is 4.11. The van der Waals surface area contributed by atoms with Crippen molar-refractivity contribution in [1.82, 2.24) is 10.2 Å². The quantitative estimate of drug-likeness (QED) is 0.897. The second-order valence-corrected chi connectivity index (χ2v) is 6.57. The normalized spacial score (nSPS) is 12.9. The van der Waals surface area contributed by atoms with Crippen LogP contribution in [0.1, 0.15) is 39.3 Å². The van der Waals surface area contributed by atoms with E-state index in [2.05, 4.69) is 12.2 Å². The Bertz CT molecular complexity index is 454. The minimum Gasteiger partial charge on any atom is -0.444 e. The van der Waals surface area contributed by atoms with Gasteiger partial charge in [-0.15, -0.1) is 0 Å². The van der Waals surface area contributed by atoms with E-state index in [4.69, 9.17) is 16.3 Å². The molecule has 0 aliphatic rings. The number of ether oxygens (including phenoxy) is 1. The molecule has 0 heterocycles. The molecule has 1 unspecified atom stereocenters. The summed E-state index contributed by atoms with van der Waals surface area (Å²) < 4.78 is 5.30. The van der Waals surface area contributed by atoms with Crippen molar-refractivity contribution in [3.63, 3.8) is 0 Å². The SMILES string of the molecule is CC(NCCN(C)C(=O)OC(C)(C)C)c1ccc(Cl)cc1. The Morgan fingerprint density at radius 1 is 1.33 bits per heavy atom. The fourth-order valence-corrected chi connectivity index (χ4v) is 1.88. The molecule has 0 fully saturated rings. The van der Waals surface area contributed by atoms with Gasteiger partial charge in [-0.3, -0.25) is 0 Å². The van der Waals surface area contributed by atoms with Gasteiger partial charge in [-0.25, -0.2) is 4.79 Å². The topological polar surface area (TPSA) is 41.6 Å². The van der Waals surface area contributed by atoms with Gasteiger partial charge in [-0.2, -0.15) is 0 Å². The zero-order valence-electron chi connectivity index (χ0n) is 13.4. The largest absolute Gasteiger partial charge is 0.444 e. The number of amides is 1. The number of hydrogen-bond acceptors (Lipinski definition) is 3. The van der Waals surface area contributed by atoms with Crippen LogP contribution in [0, 0.1) is 0 Å². The Balaban J connectivity index is 2.35. The molecule has 1 atom stereocenters. The van der Waals surface area contributed by atoms with Crippen molar-refractivity contribution >= 4 is 17.7 Å². The molecule has 0 aromatic heterocycles. The molecule has 4 nitrogen and oxygen atoms in total. The zero-order valence-corrected chi connectivity index (χ0v) is 14.2. The molecule has 0 spiro atoms. The summed E-state index contributed by atoms with van der Waals surface area (Å²) >= 11 is 5.87. The monoisotopic (exact) mass is 312 g/mol. The molecule has 1 N–H and O–H groups in total. The molecule has 0 radical (unpaired) electrons. The van der Waals surface area contributed by atoms with Gasteiger partial charge in [-0.05, 0) is 45.4 Å². The van der Waals surface area contributed by atoms with Crippen molar-refractivity contribution in [1.29, 1.82) is 0 Å². The number of hydrogen-bond donors (Lipinski definition) is 1. The van der Waals surface area contributed by atoms with Gasteiger partial charge in [0, 0.05) is 31.2 Å². The van der Waals surface area contributed by atoms with Gasteiger partial charge in [0.25, 0.3) is 0 Å². The first-order valence-corrected chi connectivity index (χ1v) is 7.50. The number of carbonyl (C=O) groups excluding carboxylic acids is 1. The highest BCUT2D eigenvalue weighted by Gasteiger charge is 2.19. The van der Waals surface area contributed by atoms with Crippen LogP contribution in [0.4, 0.5) is 4.79 Å². The molecule has 0 aliphatic heterocycles. The van der Waals surface area contributed by atoms with Crippen molar-refractivity contribution < 1.29 is 9.53 Å². The van der Waals surface area contributed by atoms with E-state index < -0.39 is 5.60 Å². The van der Waals surface area contributed by atoms with Gasteiger partial charge in [0.1, 0.15) is 5.60 Å². The first-order chi connectivity index (χ1) is 9.69. The number of likely N-dealkylation sites (N-methyl/N-ethyl adjacent to an activating group) is 1. The Kier molecular flexibility index (Phi) is 6.49. The molecule has 0 saturated heterocycles. The van der Waals surface area contributed by atoms with Gasteiger partial charge in [-0.1, -0.05) is 23.7 Å². The maximum atomic E-state index is 11.8. The van der Waals surface area contributed by atoms with Crippen LogP contribution < -0.4 is 5.32 Å². The van der Waals surface area contributed by atoms with Gasteiger partial charge in [0.2, 0.25) is 0 Å². The van der Waals surface area contributed by atoms with Crippen LogP contribution in [-0.4, -0.2) is 36.7 Å². The average molecular weight is 313 g/mol. The summed E-state index contributed by atoms with van der Waals surface area (Å²) in [6.07, 6.45) is -0.302. The number of nitrogens with one attached hydrogen (secondary N) is 1. The molecular weight excluding hydrogens is 288 g/mol. The van der Waals surface area contributed by atoms with E-state index >= 15 is 0 Å². The van der Waals surface area contributed by atoms with Crippen LogP contribution in [0.5, 0.6) is 0 Å². The maximum absolute atomic E-state index is 11.8. The molecule has 0 bridgehead atoms. The Hall–Kier alpha value is -1.26. The molecular formula is C16H25ClN2O2. The van der Waals surface area contributed by atoms with E-state index in [0.29, 0.717) is 13.1 Å². The summed E-state index contributed by atoms with van der Waals surface area (Å²) in [4.78, 5) is 13.4. The third kappa shape index (κ3) is 6.82. The minimum absolute atomic E-state index is 0.203. The highest BCUT2D eigenvalue weighted by atomic mass is 35.5. The molecule has 0 aliphatic carbocycles. The predicted octanol–water partition coefficient (Wildman–Crippen LogP) is 3.86. The number of rotatable bonds is 5. The Morgan fingerprint density at radius 3 is 2.43 bits per heavy atom. The molecule has 118 valence electrons. The second kappa shape index (κ2) is 7.66. The molecule has 1 aromatic carbocycles. The fraction of sp³-hybridized carbons (Fsp3) is 0.562. The average Bonchev–Trinajstić information content (AvgIpc) is 2.37. The summed E-state index contributed by atoms with van der Waals surface area (Å²) in [6, 6.07) is 7.95. The first-order valence-electron chi connectivity index (χ1n) is 7.12. The second-order valence-electron chi connectivity index (χ2n) is 6.13. The van der Waals surface area contributed by atoms with Crippen LogP contribution in [0.2, 0.25) is 5.02 Å². The highest BCUT2D eigenvalue weighted by molar-refractivity contribution is 6.30. The molecule has 1 rings (SSSR count). The standard InChI is InChI=1S/C16H25ClN2O2/c1-12(13-6-8-14(17)9-7-13)18-10-11-19(5)15(20)21-16(2,3)4/h6-9,12,18H,10-11H2,1-5H3. The lowest BCUT2D eigenvalue weighted by atomic mass is 10.1. The van der Waals surface area contributed by atoms with Crippen LogP contribution in [0.3, 0.4) is 0 Å². The van der Waals surface area contributed by atoms with E-state index in [9.17, 15) is 4.79 Å². The summed E-state index contributed by atoms with van der Waals surface area (Å²) in [7, 11) is 1.74. The van der Waals surface area contributed by atoms with Crippen molar-refractivity contribution in [2.75, 3.05) is 20.1 Å². The van der Waals surface area contributed by atoms with Crippen LogP contribution in [0.25, 0.3) is 0 Å². The van der Waals surface area contributed by atoms with Crippen molar-refractivity contribution in [3.05, 3.63) is 34.9 Å². The predicted molar refractivity (Wildman–Crippen MR) is 86.7 cm³/mol. The third-order valence-corrected chi connectivity index (χ3v) is 3.22. The lowest BCUT2D eigenvalue weighted by molar-refractivity contribution is 0.0299. The molecule has 1 aromatic rings. The van der Waals surface area contributed by atoms with Gasteiger partial charge in [0.05, 0.1) is 0 Å². The van der Waals surface area contributed by atoms with Gasteiger partial charge < -0.3 is 15.0 Å². The molecule has 1 amide bonds. The smallest absolute Gasteiger partial charge is 0.410 e. The van der Waals surface area contributed by atoms with Crippen molar-refractivity contribution in [2.45, 2.75) is 39.3 Å². The number of nitrogens with zero attached hydrogens (tertiary/aromatic N) is 1. The van der Waals surface area contributed by atoms with Gasteiger partial charge in [0.15, 0.2) is 0 Å². The summed E-state index contributed by atoms with van der Waals surface area (Å²) in [5.74, 6) is 0.